The molecule has 0 saturated heterocycles. The van der Waals surface area contributed by atoms with Gasteiger partial charge in [0.25, 0.3) is 0 Å². The highest BCUT2D eigenvalue weighted by Gasteiger charge is 2.01. The fraction of sp³-hybridized carbons (Fsp3) is 0.231. The third-order valence-electron chi connectivity index (χ3n) is 2.04. The summed E-state index contributed by atoms with van der Waals surface area (Å²) in [6.07, 6.45) is 3.81. The Bertz CT molecular complexity index is 475. The van der Waals surface area contributed by atoms with Crippen molar-refractivity contribution in [1.29, 1.82) is 5.26 Å². The molecule has 1 aromatic rings. The van der Waals surface area contributed by atoms with Gasteiger partial charge in [0.2, 0.25) is 0 Å². The number of hydrogen-bond donors (Lipinski definition) is 0. The zero-order valence-corrected chi connectivity index (χ0v) is 10.6. The van der Waals surface area contributed by atoms with E-state index in [1.165, 1.54) is 18.9 Å². The van der Waals surface area contributed by atoms with E-state index in [0.717, 1.165) is 5.56 Å². The van der Waals surface area contributed by atoms with E-state index in [-0.39, 0.29) is 5.12 Å². The Labute approximate surface area is 105 Å². The molecule has 0 unspecified atom stereocenters. The molecule has 1 rings (SSSR count). The van der Waals surface area contributed by atoms with Crippen molar-refractivity contribution in [3.05, 3.63) is 35.4 Å². The van der Waals surface area contributed by atoms with Crippen LogP contribution in [0.4, 0.5) is 0 Å². The molecule has 0 bridgehead atoms. The molecule has 1 aromatic carbocycles. The van der Waals surface area contributed by atoms with Gasteiger partial charge in [-0.2, -0.15) is 5.26 Å². The lowest BCUT2D eigenvalue weighted by atomic mass is 10.1. The van der Waals surface area contributed by atoms with E-state index in [4.69, 9.17) is 10.00 Å². The van der Waals surface area contributed by atoms with Gasteiger partial charge >= 0.3 is 0 Å². The Morgan fingerprint density at radius 1 is 1.59 bits per heavy atom. The number of benzene rings is 1. The number of nitriles is 1. The van der Waals surface area contributed by atoms with Crippen molar-refractivity contribution in [2.24, 2.45) is 0 Å². The summed E-state index contributed by atoms with van der Waals surface area (Å²) >= 11 is 1.26. The molecule has 4 heteroatoms. The molecule has 0 aliphatic heterocycles. The van der Waals surface area contributed by atoms with Gasteiger partial charge < -0.3 is 4.74 Å². The Kier molecular flexibility index (Phi) is 5.31. The summed E-state index contributed by atoms with van der Waals surface area (Å²) in [6, 6.07) is 7.42. The number of rotatable bonds is 4. The molecule has 88 valence electrons. The third-order valence-corrected chi connectivity index (χ3v) is 2.80. The van der Waals surface area contributed by atoms with Crippen LogP contribution in [0.5, 0.6) is 5.75 Å². The first-order chi connectivity index (χ1) is 8.17. The number of thioether (sulfide) groups is 1. The summed E-state index contributed by atoms with van der Waals surface area (Å²) in [5.74, 6) is 1.21. The van der Waals surface area contributed by atoms with Crippen molar-refractivity contribution >= 4 is 23.0 Å². The molecule has 0 saturated carbocycles. The number of methoxy groups -OCH3 is 1. The fourth-order valence-corrected chi connectivity index (χ4v) is 1.68. The van der Waals surface area contributed by atoms with E-state index in [0.29, 0.717) is 17.1 Å². The quantitative estimate of drug-likeness (QED) is 0.821. The van der Waals surface area contributed by atoms with Crippen molar-refractivity contribution in [3.8, 4) is 11.8 Å². The number of carbonyl (C=O) groups excluding carboxylic acids is 1. The first-order valence-electron chi connectivity index (χ1n) is 5.05. The van der Waals surface area contributed by atoms with Crippen molar-refractivity contribution in [2.45, 2.75) is 6.92 Å². The lowest BCUT2D eigenvalue weighted by Gasteiger charge is -2.03. The minimum atomic E-state index is 0.104. The zero-order chi connectivity index (χ0) is 12.7. The van der Waals surface area contributed by atoms with Gasteiger partial charge in [-0.1, -0.05) is 30.0 Å². The number of hydrogen-bond acceptors (Lipinski definition) is 4. The fourth-order valence-electron chi connectivity index (χ4n) is 1.25. The van der Waals surface area contributed by atoms with Gasteiger partial charge in [-0.15, -0.1) is 0 Å². The molecular formula is C13H13NO2S. The minimum absolute atomic E-state index is 0.104. The normalized spacial score (nSPS) is 10.2. The first-order valence-corrected chi connectivity index (χ1v) is 6.04. The summed E-state index contributed by atoms with van der Waals surface area (Å²) in [6.45, 7) is 1.54. The van der Waals surface area contributed by atoms with E-state index in [1.807, 2.05) is 18.2 Å². The van der Waals surface area contributed by atoms with Gasteiger partial charge in [-0.05, 0) is 17.7 Å². The van der Waals surface area contributed by atoms with E-state index in [9.17, 15) is 4.79 Å². The molecular weight excluding hydrogens is 234 g/mol. The summed E-state index contributed by atoms with van der Waals surface area (Å²) < 4.78 is 5.11. The van der Waals surface area contributed by atoms with Crippen LogP contribution < -0.4 is 4.74 Å². The molecule has 0 spiro atoms. The maximum Gasteiger partial charge on any atom is 0.186 e. The highest BCUT2D eigenvalue weighted by molar-refractivity contribution is 8.13. The van der Waals surface area contributed by atoms with Crippen LogP contribution in [0.2, 0.25) is 0 Å². The second-order valence-electron chi connectivity index (χ2n) is 3.28. The van der Waals surface area contributed by atoms with Crippen molar-refractivity contribution < 1.29 is 9.53 Å². The average Bonchev–Trinajstić information content (AvgIpc) is 2.34. The van der Waals surface area contributed by atoms with Crippen molar-refractivity contribution in [1.82, 2.24) is 0 Å². The average molecular weight is 247 g/mol. The monoisotopic (exact) mass is 247 g/mol. The molecule has 0 aliphatic rings. The van der Waals surface area contributed by atoms with Gasteiger partial charge in [-0.25, -0.2) is 0 Å². The van der Waals surface area contributed by atoms with Crippen LogP contribution >= 0.6 is 11.8 Å². The van der Waals surface area contributed by atoms with Gasteiger partial charge in [0.1, 0.15) is 11.8 Å². The van der Waals surface area contributed by atoms with Crippen LogP contribution in [0.1, 0.15) is 18.1 Å². The number of ether oxygens (including phenoxy) is 1. The van der Waals surface area contributed by atoms with Gasteiger partial charge in [0, 0.05) is 12.7 Å². The van der Waals surface area contributed by atoms with E-state index in [1.54, 1.807) is 19.1 Å². The number of carbonyl (C=O) groups is 1. The highest BCUT2D eigenvalue weighted by Crippen LogP contribution is 2.20. The second kappa shape index (κ2) is 6.77. The summed E-state index contributed by atoms with van der Waals surface area (Å²) in [4.78, 5) is 10.7. The Hall–Kier alpha value is -1.73. The maximum atomic E-state index is 10.7. The van der Waals surface area contributed by atoms with Gasteiger partial charge in [0.05, 0.1) is 12.7 Å². The molecule has 3 nitrogen and oxygen atoms in total. The summed E-state index contributed by atoms with van der Waals surface area (Å²) in [5, 5.41) is 8.93. The van der Waals surface area contributed by atoms with E-state index in [2.05, 4.69) is 6.07 Å². The predicted molar refractivity (Wildman–Crippen MR) is 69.9 cm³/mol. The SMILES string of the molecule is COc1cc(C=CCSC(C)=O)ccc1C#N. The Morgan fingerprint density at radius 2 is 2.35 bits per heavy atom. The molecule has 0 N–H and O–H groups in total. The molecule has 0 aliphatic carbocycles. The summed E-state index contributed by atoms with van der Waals surface area (Å²) in [5.41, 5.74) is 1.47. The van der Waals surface area contributed by atoms with E-state index >= 15 is 0 Å². The van der Waals surface area contributed by atoms with E-state index < -0.39 is 0 Å². The van der Waals surface area contributed by atoms with Crippen molar-refractivity contribution in [3.63, 3.8) is 0 Å². The largest absolute Gasteiger partial charge is 0.495 e. The van der Waals surface area contributed by atoms with Gasteiger partial charge in [-0.3, -0.25) is 4.79 Å². The lowest BCUT2D eigenvalue weighted by Crippen LogP contribution is -1.88. The molecule has 0 amide bonds. The van der Waals surface area contributed by atoms with Crippen LogP contribution in [-0.2, 0) is 4.79 Å². The topological polar surface area (TPSA) is 50.1 Å². The molecule has 17 heavy (non-hydrogen) atoms. The Morgan fingerprint density at radius 3 is 2.94 bits per heavy atom. The highest BCUT2D eigenvalue weighted by atomic mass is 32.2. The van der Waals surface area contributed by atoms with Crippen LogP contribution in [0.3, 0.4) is 0 Å². The van der Waals surface area contributed by atoms with Crippen LogP contribution in [0, 0.1) is 11.3 Å². The molecule has 0 aromatic heterocycles. The minimum Gasteiger partial charge on any atom is -0.495 e. The van der Waals surface area contributed by atoms with Gasteiger partial charge in [0.15, 0.2) is 5.12 Å². The molecule has 0 heterocycles. The van der Waals surface area contributed by atoms with Crippen LogP contribution in [0.15, 0.2) is 24.3 Å². The Balaban J connectivity index is 2.73. The second-order valence-corrected chi connectivity index (χ2v) is 4.47. The summed E-state index contributed by atoms with van der Waals surface area (Å²) in [7, 11) is 1.54. The maximum absolute atomic E-state index is 10.7. The van der Waals surface area contributed by atoms with Crippen molar-refractivity contribution in [2.75, 3.05) is 12.9 Å². The van der Waals surface area contributed by atoms with Crippen LogP contribution in [-0.4, -0.2) is 18.0 Å². The molecule has 0 radical (unpaired) electrons. The molecule has 0 atom stereocenters. The standard InChI is InChI=1S/C13H13NO2S/c1-10(15)17-7-3-4-11-5-6-12(9-14)13(8-11)16-2/h3-6,8H,7H2,1-2H3. The third kappa shape index (κ3) is 4.33. The lowest BCUT2D eigenvalue weighted by molar-refractivity contribution is -0.109. The zero-order valence-electron chi connectivity index (χ0n) is 9.77. The van der Waals surface area contributed by atoms with Crippen LogP contribution in [0.25, 0.3) is 6.08 Å². The first kappa shape index (κ1) is 13.3. The number of nitrogens with zero attached hydrogens (tertiary/aromatic N) is 1. The predicted octanol–water partition coefficient (Wildman–Crippen LogP) is 2.86. The smallest absolute Gasteiger partial charge is 0.186 e. The molecule has 0 fully saturated rings.